The molecule has 0 aliphatic carbocycles. The van der Waals surface area contributed by atoms with E-state index in [1.807, 2.05) is 30.3 Å². The Labute approximate surface area is 108 Å². The predicted molar refractivity (Wildman–Crippen MR) is 75.8 cm³/mol. The summed E-state index contributed by atoms with van der Waals surface area (Å²) in [4.78, 5) is 0. The zero-order valence-electron chi connectivity index (χ0n) is 10.4. The van der Waals surface area contributed by atoms with Crippen molar-refractivity contribution < 1.29 is 4.52 Å². The molecule has 0 radical (unpaired) electrons. The molecule has 0 unspecified atom stereocenters. The number of benzene rings is 1. The highest BCUT2D eigenvalue weighted by molar-refractivity contribution is 8.10. The van der Waals surface area contributed by atoms with Crippen molar-refractivity contribution in [1.82, 2.24) is 10.2 Å². The Balaban J connectivity index is 2.16. The van der Waals surface area contributed by atoms with Crippen molar-refractivity contribution >= 4 is 18.4 Å². The quantitative estimate of drug-likeness (QED) is 0.809. The van der Waals surface area contributed by atoms with Crippen molar-refractivity contribution in [2.75, 3.05) is 0 Å². The highest BCUT2D eigenvalue weighted by Gasteiger charge is 2.36. The van der Waals surface area contributed by atoms with Gasteiger partial charge in [0.15, 0.2) is 0 Å². The Bertz CT molecular complexity index is 435. The highest BCUT2D eigenvalue weighted by Crippen LogP contribution is 2.45. The zero-order valence-corrected chi connectivity index (χ0v) is 12.1. The normalized spacial score (nSPS) is 32.1. The van der Waals surface area contributed by atoms with Crippen LogP contribution in [0.4, 0.5) is 0 Å². The minimum absolute atomic E-state index is 0.0228. The minimum atomic E-state index is -2.18. The average molecular weight is 270 g/mol. The Morgan fingerprint density at radius 1 is 1.35 bits per heavy atom. The molecule has 0 saturated carbocycles. The molecule has 0 spiro atoms. The van der Waals surface area contributed by atoms with E-state index in [-0.39, 0.29) is 5.54 Å². The molecule has 94 valence electrons. The van der Waals surface area contributed by atoms with E-state index < -0.39 is 6.57 Å². The van der Waals surface area contributed by atoms with E-state index in [0.29, 0.717) is 6.04 Å². The van der Waals surface area contributed by atoms with Crippen LogP contribution < -0.4 is 14.7 Å². The number of para-hydroxylation sites is 1. The molecule has 5 heteroatoms. The van der Waals surface area contributed by atoms with Crippen molar-refractivity contribution in [2.24, 2.45) is 0 Å². The Morgan fingerprint density at radius 3 is 2.59 bits per heavy atom. The van der Waals surface area contributed by atoms with E-state index in [1.54, 1.807) is 0 Å². The van der Waals surface area contributed by atoms with Gasteiger partial charge in [-0.25, -0.2) is 10.2 Å². The van der Waals surface area contributed by atoms with Gasteiger partial charge >= 0.3 is 0 Å². The maximum absolute atomic E-state index is 5.95. The summed E-state index contributed by atoms with van der Waals surface area (Å²) < 4.78 is 5.95. The van der Waals surface area contributed by atoms with Gasteiger partial charge in [0.25, 0.3) is 0 Å². The first kappa shape index (κ1) is 13.0. The van der Waals surface area contributed by atoms with Gasteiger partial charge in [0.2, 0.25) is 6.57 Å². The van der Waals surface area contributed by atoms with E-state index in [2.05, 4.69) is 30.9 Å². The van der Waals surface area contributed by atoms with Gasteiger partial charge in [-0.1, -0.05) is 18.2 Å². The van der Waals surface area contributed by atoms with E-state index >= 15 is 0 Å². The van der Waals surface area contributed by atoms with Gasteiger partial charge in [-0.2, -0.15) is 0 Å². The molecule has 1 aromatic carbocycles. The number of hydrogen-bond acceptors (Lipinski definition) is 2. The number of hydrogen-bond donors (Lipinski definition) is 2. The maximum atomic E-state index is 5.95. The molecule has 0 amide bonds. The Kier molecular flexibility index (Phi) is 3.60. The maximum Gasteiger partial charge on any atom is 0.248 e. The van der Waals surface area contributed by atoms with Crippen LogP contribution in [0.15, 0.2) is 30.3 Å². The third kappa shape index (κ3) is 3.52. The lowest BCUT2D eigenvalue weighted by molar-refractivity contribution is 0.345. The summed E-state index contributed by atoms with van der Waals surface area (Å²) in [6.45, 7) is 4.30. The van der Waals surface area contributed by atoms with Crippen LogP contribution in [-0.4, -0.2) is 11.6 Å². The zero-order chi connectivity index (χ0) is 12.5. The lowest BCUT2D eigenvalue weighted by atomic mass is 9.98. The molecule has 2 atom stereocenters. The first-order chi connectivity index (χ1) is 7.89. The first-order valence-corrected chi connectivity index (χ1v) is 8.53. The fraction of sp³-hybridized carbons (Fsp3) is 0.500. The molecule has 1 saturated heterocycles. The van der Waals surface area contributed by atoms with Crippen LogP contribution in [0.5, 0.6) is 5.75 Å². The second-order valence-electron chi connectivity index (χ2n) is 5.19. The first-order valence-electron chi connectivity index (χ1n) is 5.80. The van der Waals surface area contributed by atoms with Gasteiger partial charge in [-0.15, -0.1) is 0 Å². The van der Waals surface area contributed by atoms with Crippen molar-refractivity contribution in [3.63, 3.8) is 0 Å². The summed E-state index contributed by atoms with van der Waals surface area (Å²) in [6, 6.07) is 10.1. The summed E-state index contributed by atoms with van der Waals surface area (Å²) in [7, 11) is 0. The lowest BCUT2D eigenvalue weighted by Gasteiger charge is -2.42. The monoisotopic (exact) mass is 270 g/mol. The topological polar surface area (TPSA) is 33.3 Å². The molecule has 0 bridgehead atoms. The van der Waals surface area contributed by atoms with Crippen molar-refractivity contribution in [2.45, 2.75) is 38.8 Å². The fourth-order valence-corrected chi connectivity index (χ4v) is 5.94. The van der Waals surface area contributed by atoms with Crippen LogP contribution in [0.25, 0.3) is 0 Å². The second kappa shape index (κ2) is 4.69. The van der Waals surface area contributed by atoms with Crippen LogP contribution in [0.2, 0.25) is 0 Å². The fourth-order valence-electron chi connectivity index (χ4n) is 2.26. The molecule has 17 heavy (non-hydrogen) atoms. The molecule has 1 heterocycles. The van der Waals surface area contributed by atoms with Crippen LogP contribution in [0.1, 0.15) is 27.2 Å². The molecule has 0 aromatic heterocycles. The van der Waals surface area contributed by atoms with E-state index in [0.717, 1.165) is 12.2 Å². The summed E-state index contributed by atoms with van der Waals surface area (Å²) in [5.41, 5.74) is 0.0228. The Hall–Kier alpha value is -0.410. The van der Waals surface area contributed by atoms with Crippen LogP contribution in [0.3, 0.4) is 0 Å². The van der Waals surface area contributed by atoms with Gasteiger partial charge in [0.05, 0.1) is 0 Å². The third-order valence-corrected chi connectivity index (χ3v) is 5.60. The largest absolute Gasteiger partial charge is 0.441 e. The Morgan fingerprint density at radius 2 is 2.00 bits per heavy atom. The minimum Gasteiger partial charge on any atom is -0.441 e. The predicted octanol–water partition coefficient (Wildman–Crippen LogP) is 3.04. The van der Waals surface area contributed by atoms with Crippen LogP contribution in [-0.2, 0) is 11.8 Å². The van der Waals surface area contributed by atoms with Gasteiger partial charge in [0.1, 0.15) is 5.75 Å². The summed E-state index contributed by atoms with van der Waals surface area (Å²) in [6.07, 6.45) is 1.05. The SMILES string of the molecule is C[C@@H]1CC(C)(C)N[P@@](=S)(Oc2ccccc2)N1. The molecule has 3 nitrogen and oxygen atoms in total. The molecule has 1 aliphatic heterocycles. The van der Waals surface area contributed by atoms with Gasteiger partial charge < -0.3 is 4.52 Å². The molecule has 2 rings (SSSR count). The van der Waals surface area contributed by atoms with Crippen LogP contribution in [0, 0.1) is 0 Å². The van der Waals surface area contributed by atoms with Gasteiger partial charge in [0, 0.05) is 11.6 Å². The van der Waals surface area contributed by atoms with Gasteiger partial charge in [-0.3, -0.25) is 0 Å². The summed E-state index contributed by atoms with van der Waals surface area (Å²) in [5, 5.41) is 6.83. The molecular formula is C12H19N2OPS. The van der Waals surface area contributed by atoms with E-state index in [4.69, 9.17) is 16.3 Å². The highest BCUT2D eigenvalue weighted by atomic mass is 32.4. The lowest BCUT2D eigenvalue weighted by Crippen LogP contribution is -2.51. The summed E-state index contributed by atoms with van der Waals surface area (Å²) >= 11 is 5.63. The van der Waals surface area contributed by atoms with Gasteiger partial charge in [-0.05, 0) is 51.1 Å². The van der Waals surface area contributed by atoms with Crippen molar-refractivity contribution in [1.29, 1.82) is 0 Å². The molecular weight excluding hydrogens is 251 g/mol. The summed E-state index contributed by atoms with van der Waals surface area (Å²) in [5.74, 6) is 0.820. The van der Waals surface area contributed by atoms with E-state index in [9.17, 15) is 0 Å². The second-order valence-corrected chi connectivity index (χ2v) is 8.50. The van der Waals surface area contributed by atoms with E-state index in [1.165, 1.54) is 0 Å². The smallest absolute Gasteiger partial charge is 0.248 e. The number of nitrogens with one attached hydrogen (secondary N) is 2. The van der Waals surface area contributed by atoms with Crippen molar-refractivity contribution in [3.8, 4) is 5.75 Å². The molecule has 1 fully saturated rings. The number of rotatable bonds is 2. The van der Waals surface area contributed by atoms with Crippen LogP contribution >= 0.6 is 6.57 Å². The molecule has 1 aromatic rings. The molecule has 2 N–H and O–H groups in total. The van der Waals surface area contributed by atoms with Crippen molar-refractivity contribution in [3.05, 3.63) is 30.3 Å². The standard InChI is InChI=1S/C12H19N2OPS/c1-10-9-12(2,3)14-16(17,13-10)15-11-7-5-4-6-8-11/h4-8,10H,9H2,1-3H3,(H2,13,14,17)/t10-,16-/m1/s1. The third-order valence-electron chi connectivity index (χ3n) is 2.63. The average Bonchev–Trinajstić information content (AvgIpc) is 2.13. The molecule has 1 aliphatic rings.